The number of rotatable bonds is 10. The summed E-state index contributed by atoms with van der Waals surface area (Å²) in [5.41, 5.74) is -7.26. The number of Topliss-reactive ketones (excluding diaryl/α,β-unsaturated/α-hetero) is 1. The van der Waals surface area contributed by atoms with Crippen LogP contribution in [-0.4, -0.2) is 105 Å². The monoisotopic (exact) mass is 843 g/mol. The third-order valence-corrected chi connectivity index (χ3v) is 13.2. The molecule has 3 aromatic rings. The molecular formula is C45H49NO15. The molecule has 2 saturated carbocycles. The van der Waals surface area contributed by atoms with E-state index in [1.165, 1.54) is 26.2 Å². The number of aliphatic hydroxyl groups excluding tert-OH is 2. The first-order chi connectivity index (χ1) is 28.8. The molecule has 4 aliphatic rings. The lowest BCUT2D eigenvalue weighted by molar-refractivity contribution is -0.346. The van der Waals surface area contributed by atoms with E-state index in [0.29, 0.717) is 5.56 Å². The average molecular weight is 844 g/mol. The highest BCUT2D eigenvalue weighted by molar-refractivity contribution is 5.96. The molecule has 3 fully saturated rings. The predicted octanol–water partition coefficient (Wildman–Crippen LogP) is 3.33. The highest BCUT2D eigenvalue weighted by Crippen LogP contribution is 2.64. The van der Waals surface area contributed by atoms with Gasteiger partial charge in [0, 0.05) is 37.7 Å². The van der Waals surface area contributed by atoms with E-state index in [0.717, 1.165) is 20.1 Å². The van der Waals surface area contributed by atoms with Crippen molar-refractivity contribution in [2.24, 2.45) is 16.7 Å². The molecule has 1 unspecified atom stereocenters. The number of hydrogen-bond acceptors (Lipinski definition) is 15. The van der Waals surface area contributed by atoms with Gasteiger partial charge in [0.2, 0.25) is 0 Å². The maximum Gasteiger partial charge on any atom is 0.341 e. The average Bonchev–Trinajstić information content (AvgIpc) is 3.77. The van der Waals surface area contributed by atoms with E-state index in [4.69, 9.17) is 28.1 Å². The smallest absolute Gasteiger partial charge is 0.341 e. The summed E-state index contributed by atoms with van der Waals surface area (Å²) in [5, 5.41) is 40.1. The van der Waals surface area contributed by atoms with E-state index in [9.17, 15) is 39.3 Å². The van der Waals surface area contributed by atoms with E-state index in [-0.39, 0.29) is 35.3 Å². The molecule has 1 aromatic heterocycles. The van der Waals surface area contributed by atoms with Crippen LogP contribution in [0.5, 0.6) is 0 Å². The number of hydrogen-bond donors (Lipinski definition) is 4. The third-order valence-electron chi connectivity index (χ3n) is 13.2. The van der Waals surface area contributed by atoms with Crippen LogP contribution < -0.4 is 5.32 Å². The predicted molar refractivity (Wildman–Crippen MR) is 210 cm³/mol. The number of amides is 1. The number of fused-ring (bicyclic) bond motifs is 5. The van der Waals surface area contributed by atoms with Gasteiger partial charge in [-0.2, -0.15) is 0 Å². The Hall–Kier alpha value is -5.68. The standard InChI is InChI=1S/C45H49NO15/c1-23-29(59-41(54)34(50)33(26-13-9-7-10-14-26)46-39(52)27-15-11-8-12-16-27)20-45(55)38(60-40(53)28-17-18-56-21-28)36-43(6,30(49)19-31-44(36,22-57-31)61-25(3)48)37(51)35(58-24(2)47)32(23)42(45,4)5/h7-18,21,29-31,33-36,38,49-50,55H,19-20,22H2,1-6H3,(H,46,52)/t29-,30-,31?,33-,34+,35+,36-,38-,43+,44-,45+/m0/s1. The molecule has 61 heavy (non-hydrogen) atoms. The summed E-state index contributed by atoms with van der Waals surface area (Å²) in [7, 11) is 0. The minimum atomic E-state index is -2.41. The van der Waals surface area contributed by atoms with Crippen molar-refractivity contribution in [3.63, 3.8) is 0 Å². The van der Waals surface area contributed by atoms with Crippen LogP contribution in [-0.2, 0) is 42.9 Å². The Kier molecular flexibility index (Phi) is 11.4. The SMILES string of the molecule is CC(=O)O[C@H]1C(=O)[C@]2(C)[C@@H](O)CC3OC[C@@]3(OC(C)=O)[C@H]2[C@H](OC(=O)c2ccoc2)[C@]2(O)C[C@H](OC(=O)[C@H](O)[C@@H](NC(=O)c3ccccc3)c3ccccc3)C(C)=C1C2(C)C. The fourth-order valence-electron chi connectivity index (χ4n) is 9.99. The van der Waals surface area contributed by atoms with Crippen LogP contribution >= 0.6 is 0 Å². The Balaban J connectivity index is 1.38. The molecule has 16 nitrogen and oxygen atoms in total. The molecule has 2 heterocycles. The summed E-state index contributed by atoms with van der Waals surface area (Å²) in [6.45, 7) is 7.87. The summed E-state index contributed by atoms with van der Waals surface area (Å²) >= 11 is 0. The quantitative estimate of drug-likeness (QED) is 0.130. The van der Waals surface area contributed by atoms with E-state index < -0.39 is 113 Å². The molecule has 3 aliphatic carbocycles. The zero-order chi connectivity index (χ0) is 44.2. The number of ketones is 1. The van der Waals surface area contributed by atoms with E-state index >= 15 is 4.79 Å². The van der Waals surface area contributed by atoms with Crippen LogP contribution in [0.1, 0.15) is 86.7 Å². The van der Waals surface area contributed by atoms with Gasteiger partial charge in [0.1, 0.15) is 30.2 Å². The fourth-order valence-corrected chi connectivity index (χ4v) is 9.99. The number of esters is 4. The number of ether oxygens (including phenoxy) is 5. The minimum absolute atomic E-state index is 0.0181. The van der Waals surface area contributed by atoms with Crippen LogP contribution in [0.3, 0.4) is 0 Å². The molecule has 11 atom stereocenters. The topological polar surface area (TPSA) is 234 Å². The molecule has 324 valence electrons. The van der Waals surface area contributed by atoms with Crippen molar-refractivity contribution in [2.75, 3.05) is 6.61 Å². The van der Waals surface area contributed by atoms with Crippen LogP contribution in [0.4, 0.5) is 0 Å². The van der Waals surface area contributed by atoms with E-state index in [1.807, 2.05) is 0 Å². The van der Waals surface area contributed by atoms with Crippen molar-refractivity contribution >= 4 is 35.6 Å². The summed E-state index contributed by atoms with van der Waals surface area (Å²) < 4.78 is 35.2. The first kappa shape index (κ1) is 43.4. The molecule has 4 N–H and O–H groups in total. The molecule has 0 spiro atoms. The molecule has 1 aliphatic heterocycles. The highest BCUT2D eigenvalue weighted by Gasteiger charge is 2.78. The molecule has 16 heteroatoms. The molecule has 0 radical (unpaired) electrons. The molecule has 2 aromatic carbocycles. The van der Waals surface area contributed by atoms with Crippen molar-refractivity contribution in [3.8, 4) is 0 Å². The van der Waals surface area contributed by atoms with E-state index in [2.05, 4.69) is 5.32 Å². The number of carbonyl (C=O) groups excluding carboxylic acids is 6. The molecular weight excluding hydrogens is 794 g/mol. The van der Waals surface area contributed by atoms with Crippen molar-refractivity contribution in [1.82, 2.24) is 5.32 Å². The summed E-state index contributed by atoms with van der Waals surface area (Å²) in [5.74, 6) is -6.99. The Labute approximate surface area is 351 Å². The van der Waals surface area contributed by atoms with Gasteiger partial charge >= 0.3 is 23.9 Å². The van der Waals surface area contributed by atoms with Crippen molar-refractivity contribution in [3.05, 3.63) is 107 Å². The summed E-state index contributed by atoms with van der Waals surface area (Å²) in [6.07, 6.45) is -8.29. The second-order valence-corrected chi connectivity index (χ2v) is 17.0. The van der Waals surface area contributed by atoms with Gasteiger partial charge in [0.15, 0.2) is 23.6 Å². The fraction of sp³-hybridized carbons (Fsp3) is 0.467. The second-order valence-electron chi connectivity index (χ2n) is 17.0. The number of furan rings is 1. The zero-order valence-electron chi connectivity index (χ0n) is 34.5. The van der Waals surface area contributed by atoms with E-state index in [1.54, 1.807) is 74.5 Å². The van der Waals surface area contributed by atoms with Gasteiger partial charge in [-0.25, -0.2) is 9.59 Å². The summed E-state index contributed by atoms with van der Waals surface area (Å²) in [4.78, 5) is 83.1. The minimum Gasteiger partial charge on any atom is -0.472 e. The van der Waals surface area contributed by atoms with Gasteiger partial charge in [0.25, 0.3) is 5.91 Å². The lowest BCUT2D eigenvalue weighted by Gasteiger charge is -2.67. The number of aliphatic hydroxyl groups is 3. The number of benzene rings is 2. The van der Waals surface area contributed by atoms with Crippen molar-refractivity contribution < 1.29 is 72.2 Å². The van der Waals surface area contributed by atoms with Crippen LogP contribution in [0.15, 0.2) is 94.8 Å². The molecule has 1 amide bonds. The van der Waals surface area contributed by atoms with Gasteiger partial charge < -0.3 is 48.7 Å². The lowest BCUT2D eigenvalue weighted by atomic mass is 9.44. The number of carbonyl (C=O) groups is 6. The second kappa shape index (κ2) is 16.0. The van der Waals surface area contributed by atoms with Gasteiger partial charge in [-0.1, -0.05) is 62.4 Å². The Bertz CT molecular complexity index is 2240. The summed E-state index contributed by atoms with van der Waals surface area (Å²) in [6, 6.07) is 16.3. The normalized spacial score (nSPS) is 32.2. The van der Waals surface area contributed by atoms with Crippen LogP contribution in [0, 0.1) is 16.7 Å². The number of nitrogens with one attached hydrogen (secondary N) is 1. The maximum atomic E-state index is 15.4. The maximum absolute atomic E-state index is 15.4. The molecule has 2 bridgehead atoms. The van der Waals surface area contributed by atoms with Crippen molar-refractivity contribution in [2.45, 2.75) is 108 Å². The Morgan fingerprint density at radius 3 is 2.11 bits per heavy atom. The Morgan fingerprint density at radius 2 is 1.54 bits per heavy atom. The van der Waals surface area contributed by atoms with Gasteiger partial charge in [0.05, 0.1) is 41.9 Å². The van der Waals surface area contributed by atoms with Gasteiger partial charge in [-0.05, 0) is 48.8 Å². The Morgan fingerprint density at radius 1 is 0.885 bits per heavy atom. The first-order valence-corrected chi connectivity index (χ1v) is 19.9. The highest BCUT2D eigenvalue weighted by atomic mass is 16.6. The van der Waals surface area contributed by atoms with Crippen LogP contribution in [0.2, 0.25) is 0 Å². The lowest BCUT2D eigenvalue weighted by Crippen LogP contribution is -2.82. The largest absolute Gasteiger partial charge is 0.472 e. The third kappa shape index (κ3) is 7.14. The first-order valence-electron chi connectivity index (χ1n) is 19.9. The van der Waals surface area contributed by atoms with Gasteiger partial charge in [-0.3, -0.25) is 19.2 Å². The zero-order valence-corrected chi connectivity index (χ0v) is 34.5. The molecule has 7 rings (SSSR count). The van der Waals surface area contributed by atoms with Crippen LogP contribution in [0.25, 0.3) is 0 Å². The van der Waals surface area contributed by atoms with Crippen molar-refractivity contribution in [1.29, 1.82) is 0 Å². The van der Waals surface area contributed by atoms with Gasteiger partial charge in [-0.15, -0.1) is 0 Å². The molecule has 1 saturated heterocycles.